The van der Waals surface area contributed by atoms with E-state index in [1.165, 1.54) is 16.7 Å². The Morgan fingerprint density at radius 2 is 1.87 bits per heavy atom. The van der Waals surface area contributed by atoms with Gasteiger partial charge in [0, 0.05) is 22.2 Å². The highest BCUT2D eigenvalue weighted by molar-refractivity contribution is 8.00. The third-order valence-electron chi connectivity index (χ3n) is 4.83. The third-order valence-corrected chi connectivity index (χ3v) is 6.52. The van der Waals surface area contributed by atoms with Crippen LogP contribution in [0.2, 0.25) is 10.0 Å². The molecule has 154 valence electrons. The summed E-state index contributed by atoms with van der Waals surface area (Å²) in [6.45, 7) is 0.401. The second-order valence-electron chi connectivity index (χ2n) is 6.87. The van der Waals surface area contributed by atoms with Crippen LogP contribution in [0.4, 0.5) is 0 Å². The smallest absolute Gasteiger partial charge is 0.260 e. The van der Waals surface area contributed by atoms with Crippen LogP contribution in [0.5, 0.6) is 0 Å². The summed E-state index contributed by atoms with van der Waals surface area (Å²) in [4.78, 5) is 27.5. The fourth-order valence-corrected chi connectivity index (χ4v) is 4.74. The number of halogens is 2. The number of thioether (sulfide) groups is 1. The minimum atomic E-state index is -0.425. The van der Waals surface area contributed by atoms with E-state index >= 15 is 0 Å². The molecule has 3 aromatic rings. The molecule has 2 amide bonds. The van der Waals surface area contributed by atoms with E-state index in [1.807, 2.05) is 12.1 Å². The second kappa shape index (κ2) is 9.20. The number of imide groups is 1. The van der Waals surface area contributed by atoms with Gasteiger partial charge in [-0.25, -0.2) is 0 Å². The molecule has 9 heteroatoms. The summed E-state index contributed by atoms with van der Waals surface area (Å²) in [6.07, 6.45) is 3.87. The standard InChI is InChI=1S/C21H18Cl2N4O2S/c22-15-9-7-14(8-10-15)19(28)26-11-2-1-6-18(20(26)29)30-21-25-24-13-27(21)17-5-3-4-16(23)12-17/h3-5,7-10,12-13,18H,1-2,6,11H2/t18-/m0/s1. The van der Waals surface area contributed by atoms with Crippen LogP contribution < -0.4 is 0 Å². The number of nitrogens with zero attached hydrogens (tertiary/aromatic N) is 4. The largest absolute Gasteiger partial charge is 0.278 e. The molecule has 0 spiro atoms. The molecule has 2 heterocycles. The van der Waals surface area contributed by atoms with Crippen LogP contribution in [-0.4, -0.2) is 43.3 Å². The molecule has 6 nitrogen and oxygen atoms in total. The van der Waals surface area contributed by atoms with Crippen molar-refractivity contribution in [3.05, 3.63) is 70.5 Å². The molecular formula is C21H18Cl2N4O2S. The molecule has 1 saturated heterocycles. The van der Waals surface area contributed by atoms with Crippen molar-refractivity contribution in [2.75, 3.05) is 6.54 Å². The van der Waals surface area contributed by atoms with Gasteiger partial charge >= 0.3 is 0 Å². The average molecular weight is 461 g/mol. The first kappa shape index (κ1) is 20.9. The number of carbonyl (C=O) groups is 2. The van der Waals surface area contributed by atoms with Crippen molar-refractivity contribution in [2.45, 2.75) is 29.7 Å². The van der Waals surface area contributed by atoms with Crippen LogP contribution in [0.15, 0.2) is 60.0 Å². The van der Waals surface area contributed by atoms with E-state index in [0.717, 1.165) is 18.5 Å². The topological polar surface area (TPSA) is 68.1 Å². The molecule has 1 aliphatic heterocycles. The van der Waals surface area contributed by atoms with Gasteiger partial charge in [-0.1, -0.05) is 47.5 Å². The normalized spacial score (nSPS) is 17.1. The van der Waals surface area contributed by atoms with Gasteiger partial charge in [0.25, 0.3) is 5.91 Å². The maximum absolute atomic E-state index is 13.2. The summed E-state index contributed by atoms with van der Waals surface area (Å²) in [6, 6.07) is 13.9. The van der Waals surface area contributed by atoms with Crippen molar-refractivity contribution in [1.29, 1.82) is 0 Å². The highest BCUT2D eigenvalue weighted by atomic mass is 35.5. The van der Waals surface area contributed by atoms with Crippen molar-refractivity contribution in [1.82, 2.24) is 19.7 Å². The molecule has 0 bridgehead atoms. The summed E-state index contributed by atoms with van der Waals surface area (Å²) < 4.78 is 1.79. The Hall–Kier alpha value is -2.35. The van der Waals surface area contributed by atoms with E-state index in [4.69, 9.17) is 23.2 Å². The van der Waals surface area contributed by atoms with Crippen LogP contribution in [0, 0.1) is 0 Å². The van der Waals surface area contributed by atoms with E-state index in [0.29, 0.717) is 33.7 Å². The lowest BCUT2D eigenvalue weighted by atomic mass is 10.2. The van der Waals surface area contributed by atoms with Crippen LogP contribution in [0.25, 0.3) is 5.69 Å². The molecule has 0 radical (unpaired) electrons. The molecule has 0 unspecified atom stereocenters. The molecular weight excluding hydrogens is 443 g/mol. The van der Waals surface area contributed by atoms with Crippen molar-refractivity contribution in [2.24, 2.45) is 0 Å². The first-order chi connectivity index (χ1) is 14.5. The number of carbonyl (C=O) groups excluding carboxylic acids is 2. The van der Waals surface area contributed by atoms with Gasteiger partial charge in [-0.2, -0.15) is 0 Å². The zero-order valence-electron chi connectivity index (χ0n) is 15.9. The highest BCUT2D eigenvalue weighted by Crippen LogP contribution is 2.31. The predicted molar refractivity (Wildman–Crippen MR) is 117 cm³/mol. The van der Waals surface area contributed by atoms with Gasteiger partial charge in [0.1, 0.15) is 6.33 Å². The van der Waals surface area contributed by atoms with Crippen molar-refractivity contribution in [3.8, 4) is 5.69 Å². The number of hydrogen-bond acceptors (Lipinski definition) is 5. The maximum atomic E-state index is 13.2. The fourth-order valence-electron chi connectivity index (χ4n) is 3.30. The minimum Gasteiger partial charge on any atom is -0.278 e. The highest BCUT2D eigenvalue weighted by Gasteiger charge is 2.33. The van der Waals surface area contributed by atoms with Gasteiger partial charge < -0.3 is 0 Å². The third kappa shape index (κ3) is 4.53. The molecule has 0 N–H and O–H groups in total. The van der Waals surface area contributed by atoms with Crippen LogP contribution in [0.1, 0.15) is 29.6 Å². The summed E-state index contributed by atoms with van der Waals surface area (Å²) in [5.74, 6) is -0.515. The van der Waals surface area contributed by atoms with Crippen LogP contribution >= 0.6 is 35.0 Å². The summed E-state index contributed by atoms with van der Waals surface area (Å²) in [5, 5.41) is 9.48. The average Bonchev–Trinajstić information content (AvgIpc) is 3.13. The van der Waals surface area contributed by atoms with Gasteiger partial charge in [-0.3, -0.25) is 19.1 Å². The van der Waals surface area contributed by atoms with Gasteiger partial charge in [0.05, 0.1) is 10.9 Å². The van der Waals surface area contributed by atoms with E-state index in [1.54, 1.807) is 47.3 Å². The Labute approximate surface area is 188 Å². The molecule has 30 heavy (non-hydrogen) atoms. The summed E-state index contributed by atoms with van der Waals surface area (Å²) in [5.41, 5.74) is 1.26. The number of amides is 2. The lowest BCUT2D eigenvalue weighted by Crippen LogP contribution is -2.41. The minimum absolute atomic E-state index is 0.210. The van der Waals surface area contributed by atoms with Crippen molar-refractivity contribution in [3.63, 3.8) is 0 Å². The number of benzene rings is 2. The Balaban J connectivity index is 1.56. The number of hydrogen-bond donors (Lipinski definition) is 0. The zero-order valence-corrected chi connectivity index (χ0v) is 18.2. The second-order valence-corrected chi connectivity index (χ2v) is 8.91. The molecule has 1 fully saturated rings. The van der Waals surface area contributed by atoms with E-state index < -0.39 is 5.25 Å². The quantitative estimate of drug-likeness (QED) is 0.518. The molecule has 1 aromatic heterocycles. The summed E-state index contributed by atoms with van der Waals surface area (Å²) in [7, 11) is 0. The van der Waals surface area contributed by atoms with Gasteiger partial charge in [-0.05, 0) is 55.3 Å². The number of rotatable bonds is 4. The first-order valence-electron chi connectivity index (χ1n) is 9.47. The Bertz CT molecular complexity index is 1070. The first-order valence-corrected chi connectivity index (χ1v) is 11.1. The lowest BCUT2D eigenvalue weighted by Gasteiger charge is -2.22. The Morgan fingerprint density at radius 1 is 1.07 bits per heavy atom. The molecule has 0 aliphatic carbocycles. The maximum Gasteiger partial charge on any atom is 0.260 e. The Morgan fingerprint density at radius 3 is 2.63 bits per heavy atom. The van der Waals surface area contributed by atoms with Gasteiger partial charge in [-0.15, -0.1) is 10.2 Å². The molecule has 2 aromatic carbocycles. The Kier molecular flexibility index (Phi) is 6.41. The SMILES string of the molecule is O=C(c1ccc(Cl)cc1)N1CCCC[C@H](Sc2nncn2-c2cccc(Cl)c2)C1=O. The van der Waals surface area contributed by atoms with E-state index in [-0.39, 0.29) is 11.8 Å². The van der Waals surface area contributed by atoms with Gasteiger partial charge in [0.2, 0.25) is 5.91 Å². The molecule has 1 aliphatic rings. The predicted octanol–water partition coefficient (Wildman–Crippen LogP) is 4.89. The number of aromatic nitrogens is 3. The lowest BCUT2D eigenvalue weighted by molar-refractivity contribution is -0.127. The van der Waals surface area contributed by atoms with E-state index in [9.17, 15) is 9.59 Å². The molecule has 4 rings (SSSR count). The molecule has 0 saturated carbocycles. The van der Waals surface area contributed by atoms with Crippen LogP contribution in [-0.2, 0) is 4.79 Å². The molecule has 1 atom stereocenters. The van der Waals surface area contributed by atoms with Gasteiger partial charge in [0.15, 0.2) is 5.16 Å². The van der Waals surface area contributed by atoms with Crippen LogP contribution in [0.3, 0.4) is 0 Å². The zero-order chi connectivity index (χ0) is 21.1. The monoisotopic (exact) mass is 460 g/mol. The summed E-state index contributed by atoms with van der Waals surface area (Å²) >= 11 is 13.3. The fraction of sp³-hybridized carbons (Fsp3) is 0.238. The van der Waals surface area contributed by atoms with Crippen molar-refractivity contribution >= 4 is 46.8 Å². The van der Waals surface area contributed by atoms with E-state index in [2.05, 4.69) is 10.2 Å². The number of likely N-dealkylation sites (tertiary alicyclic amines) is 1. The van der Waals surface area contributed by atoms with Crippen molar-refractivity contribution < 1.29 is 9.59 Å².